The molecule has 0 saturated carbocycles. The standard InChI is InChI=1S/C8H16O2.C7H14O/c1-6(2)5-8(3,4)7(9)10;1-3-4-5-6-7(2)8/h6H,5H2,1-4H3,(H,9,10);3-6H2,1-2H3. The van der Waals surface area contributed by atoms with Crippen LogP contribution in [0.5, 0.6) is 0 Å². The lowest BCUT2D eigenvalue weighted by Gasteiger charge is -2.20. The third-order valence-electron chi connectivity index (χ3n) is 2.63. The molecule has 0 spiro atoms. The first-order chi connectivity index (χ1) is 8.13. The fourth-order valence-electron chi connectivity index (χ4n) is 1.73. The Morgan fingerprint density at radius 1 is 1.17 bits per heavy atom. The fourth-order valence-corrected chi connectivity index (χ4v) is 1.73. The van der Waals surface area contributed by atoms with Crippen molar-refractivity contribution in [2.75, 3.05) is 0 Å². The van der Waals surface area contributed by atoms with E-state index in [0.717, 1.165) is 19.3 Å². The van der Waals surface area contributed by atoms with Crippen molar-refractivity contribution in [2.24, 2.45) is 11.3 Å². The number of carboxylic acids is 1. The van der Waals surface area contributed by atoms with Gasteiger partial charge in [-0.05, 0) is 39.5 Å². The topological polar surface area (TPSA) is 54.4 Å². The van der Waals surface area contributed by atoms with Gasteiger partial charge in [0.15, 0.2) is 0 Å². The Morgan fingerprint density at radius 2 is 1.67 bits per heavy atom. The molecular weight excluding hydrogens is 228 g/mol. The predicted molar refractivity (Wildman–Crippen MR) is 75.7 cm³/mol. The summed E-state index contributed by atoms with van der Waals surface area (Å²) < 4.78 is 0. The predicted octanol–water partition coefficient (Wildman–Crippen LogP) is 4.30. The number of rotatable bonds is 7. The SMILES string of the molecule is CC(C)CC(C)(C)C(=O)O.CCCCCC(C)=O. The van der Waals surface area contributed by atoms with Crippen LogP contribution >= 0.6 is 0 Å². The highest BCUT2D eigenvalue weighted by Gasteiger charge is 2.27. The summed E-state index contributed by atoms with van der Waals surface area (Å²) >= 11 is 0. The Labute approximate surface area is 112 Å². The van der Waals surface area contributed by atoms with E-state index in [4.69, 9.17) is 5.11 Å². The molecule has 0 atom stereocenters. The van der Waals surface area contributed by atoms with Gasteiger partial charge in [0.2, 0.25) is 0 Å². The van der Waals surface area contributed by atoms with Crippen molar-refractivity contribution in [1.82, 2.24) is 0 Å². The van der Waals surface area contributed by atoms with E-state index in [2.05, 4.69) is 6.92 Å². The second kappa shape index (κ2) is 10.1. The quantitative estimate of drug-likeness (QED) is 0.693. The van der Waals surface area contributed by atoms with Crippen LogP contribution < -0.4 is 0 Å². The molecule has 0 unspecified atom stereocenters. The smallest absolute Gasteiger partial charge is 0.309 e. The van der Waals surface area contributed by atoms with Crippen LogP contribution in [0.3, 0.4) is 0 Å². The van der Waals surface area contributed by atoms with E-state index >= 15 is 0 Å². The van der Waals surface area contributed by atoms with Crippen LogP contribution in [-0.2, 0) is 9.59 Å². The second-order valence-corrected chi connectivity index (χ2v) is 5.95. The minimum Gasteiger partial charge on any atom is -0.481 e. The molecule has 0 aliphatic heterocycles. The largest absolute Gasteiger partial charge is 0.481 e. The molecule has 0 aromatic heterocycles. The van der Waals surface area contributed by atoms with E-state index in [0.29, 0.717) is 11.7 Å². The third-order valence-corrected chi connectivity index (χ3v) is 2.63. The molecule has 0 heterocycles. The molecule has 1 N–H and O–H groups in total. The van der Waals surface area contributed by atoms with Crippen LogP contribution in [0.1, 0.15) is 73.6 Å². The summed E-state index contributed by atoms with van der Waals surface area (Å²) in [6.07, 6.45) is 4.98. The third kappa shape index (κ3) is 13.2. The van der Waals surface area contributed by atoms with Crippen molar-refractivity contribution in [1.29, 1.82) is 0 Å². The van der Waals surface area contributed by atoms with E-state index in [1.54, 1.807) is 20.8 Å². The fraction of sp³-hybridized carbons (Fsp3) is 0.867. The summed E-state index contributed by atoms with van der Waals surface area (Å²) in [6.45, 7) is 11.4. The van der Waals surface area contributed by atoms with Gasteiger partial charge in [0, 0.05) is 6.42 Å². The van der Waals surface area contributed by atoms with E-state index in [9.17, 15) is 9.59 Å². The summed E-state index contributed by atoms with van der Waals surface area (Å²) in [4.78, 5) is 20.9. The molecule has 18 heavy (non-hydrogen) atoms. The number of carbonyl (C=O) groups is 2. The number of aliphatic carboxylic acids is 1. The molecule has 0 bridgehead atoms. The van der Waals surface area contributed by atoms with Crippen LogP contribution in [0.4, 0.5) is 0 Å². The summed E-state index contributed by atoms with van der Waals surface area (Å²) in [5, 5.41) is 8.69. The van der Waals surface area contributed by atoms with E-state index in [-0.39, 0.29) is 0 Å². The maximum Gasteiger partial charge on any atom is 0.309 e. The summed E-state index contributed by atoms with van der Waals surface area (Å²) in [7, 11) is 0. The molecule has 108 valence electrons. The molecular formula is C15H30O3. The van der Waals surface area contributed by atoms with Crippen molar-refractivity contribution in [2.45, 2.75) is 73.6 Å². The highest BCUT2D eigenvalue weighted by atomic mass is 16.4. The van der Waals surface area contributed by atoms with Crippen molar-refractivity contribution in [3.8, 4) is 0 Å². The monoisotopic (exact) mass is 258 g/mol. The van der Waals surface area contributed by atoms with Crippen LogP contribution in [-0.4, -0.2) is 16.9 Å². The summed E-state index contributed by atoms with van der Waals surface area (Å²) in [5.41, 5.74) is -0.561. The van der Waals surface area contributed by atoms with Gasteiger partial charge >= 0.3 is 5.97 Å². The number of Topliss-reactive ketones (excluding diaryl/α,β-unsaturated/α-hetero) is 1. The van der Waals surface area contributed by atoms with Crippen molar-refractivity contribution in [3.63, 3.8) is 0 Å². The minimum atomic E-state index is -0.707. The van der Waals surface area contributed by atoms with Gasteiger partial charge in [-0.1, -0.05) is 33.6 Å². The van der Waals surface area contributed by atoms with Gasteiger partial charge in [0.25, 0.3) is 0 Å². The molecule has 0 aliphatic carbocycles. The maximum atomic E-state index is 10.6. The zero-order chi connectivity index (χ0) is 14.8. The molecule has 0 saturated heterocycles. The zero-order valence-electron chi connectivity index (χ0n) is 12.9. The molecule has 0 aromatic rings. The first kappa shape index (κ1) is 19.5. The first-order valence-electron chi connectivity index (χ1n) is 6.86. The first-order valence-corrected chi connectivity index (χ1v) is 6.86. The molecule has 3 nitrogen and oxygen atoms in total. The molecule has 0 amide bonds. The van der Waals surface area contributed by atoms with Crippen LogP contribution in [0.2, 0.25) is 0 Å². The molecule has 0 aromatic carbocycles. The van der Waals surface area contributed by atoms with Crippen molar-refractivity contribution >= 4 is 11.8 Å². The summed E-state index contributed by atoms with van der Waals surface area (Å²) in [6, 6.07) is 0. The van der Waals surface area contributed by atoms with Crippen molar-refractivity contribution in [3.05, 3.63) is 0 Å². The van der Waals surface area contributed by atoms with Gasteiger partial charge in [0.05, 0.1) is 5.41 Å². The Kier molecular flexibility index (Phi) is 10.9. The van der Waals surface area contributed by atoms with Crippen molar-refractivity contribution < 1.29 is 14.7 Å². The average molecular weight is 258 g/mol. The maximum absolute atomic E-state index is 10.6. The molecule has 0 rings (SSSR count). The molecule has 0 radical (unpaired) electrons. The highest BCUT2D eigenvalue weighted by molar-refractivity contribution is 5.75. The molecule has 0 fully saturated rings. The number of carboxylic acid groups (broad SMARTS) is 1. The lowest BCUT2D eigenvalue weighted by Crippen LogP contribution is -2.25. The van der Waals surface area contributed by atoms with Crippen LogP contribution in [0, 0.1) is 11.3 Å². The average Bonchev–Trinajstić information content (AvgIpc) is 2.16. The molecule has 3 heteroatoms. The van der Waals surface area contributed by atoms with Gasteiger partial charge in [-0.15, -0.1) is 0 Å². The van der Waals surface area contributed by atoms with Gasteiger partial charge < -0.3 is 9.90 Å². The van der Waals surface area contributed by atoms with E-state index in [1.807, 2.05) is 13.8 Å². The second-order valence-electron chi connectivity index (χ2n) is 5.95. The normalized spacial score (nSPS) is 10.8. The Balaban J connectivity index is 0. The number of unbranched alkanes of at least 4 members (excludes halogenated alkanes) is 2. The minimum absolute atomic E-state index is 0.318. The molecule has 0 aliphatic rings. The number of ketones is 1. The van der Waals surface area contributed by atoms with Crippen LogP contribution in [0.25, 0.3) is 0 Å². The zero-order valence-corrected chi connectivity index (χ0v) is 12.9. The van der Waals surface area contributed by atoms with E-state index < -0.39 is 11.4 Å². The number of hydrogen-bond acceptors (Lipinski definition) is 2. The Bertz CT molecular complexity index is 242. The summed E-state index contributed by atoms with van der Waals surface area (Å²) in [5.74, 6) is 0.0609. The highest BCUT2D eigenvalue weighted by Crippen LogP contribution is 2.24. The number of hydrogen-bond donors (Lipinski definition) is 1. The van der Waals surface area contributed by atoms with Gasteiger partial charge in [-0.3, -0.25) is 4.79 Å². The van der Waals surface area contributed by atoms with Gasteiger partial charge in [-0.25, -0.2) is 0 Å². The lowest BCUT2D eigenvalue weighted by molar-refractivity contribution is -0.147. The van der Waals surface area contributed by atoms with Gasteiger partial charge in [0.1, 0.15) is 5.78 Å². The Morgan fingerprint density at radius 3 is 1.89 bits per heavy atom. The lowest BCUT2D eigenvalue weighted by atomic mass is 9.84. The van der Waals surface area contributed by atoms with Gasteiger partial charge in [-0.2, -0.15) is 0 Å². The Hall–Kier alpha value is -0.860. The number of carbonyl (C=O) groups excluding carboxylic acids is 1. The van der Waals surface area contributed by atoms with Crippen LogP contribution in [0.15, 0.2) is 0 Å². The van der Waals surface area contributed by atoms with E-state index in [1.165, 1.54) is 12.8 Å².